The Hall–Kier alpha value is -1.92. The lowest BCUT2D eigenvalue weighted by molar-refractivity contribution is -0.134. The second-order valence-electron chi connectivity index (χ2n) is 4.21. The van der Waals surface area contributed by atoms with Crippen LogP contribution in [0.3, 0.4) is 0 Å². The molecule has 0 aliphatic carbocycles. The Morgan fingerprint density at radius 3 is 1.95 bits per heavy atom. The third kappa shape index (κ3) is 4.04. The van der Waals surface area contributed by atoms with Crippen molar-refractivity contribution in [2.24, 2.45) is 0 Å². The molecule has 2 nitrogen and oxygen atoms in total. The van der Waals surface area contributed by atoms with Crippen molar-refractivity contribution in [2.75, 3.05) is 13.3 Å². The van der Waals surface area contributed by atoms with Gasteiger partial charge < -0.3 is 4.74 Å². The molecule has 0 spiro atoms. The molecule has 102 valence electrons. The predicted octanol–water partition coefficient (Wildman–Crippen LogP) is 2.85. The molecular weight excluding hydrogens is 267 g/mol. The predicted molar refractivity (Wildman–Crippen MR) is 85.1 cm³/mol. The molecule has 2 aromatic rings. The maximum Gasteiger partial charge on any atom is 0.330 e. The van der Waals surface area contributed by atoms with Gasteiger partial charge in [0.1, 0.15) is 0 Å². The van der Waals surface area contributed by atoms with Gasteiger partial charge in [0.05, 0.1) is 7.11 Å². The number of allylic oxidation sites excluding steroid dienone is 1. The van der Waals surface area contributed by atoms with Crippen LogP contribution in [-0.2, 0) is 9.53 Å². The van der Waals surface area contributed by atoms with Gasteiger partial charge in [0.25, 0.3) is 0 Å². The van der Waals surface area contributed by atoms with Crippen LogP contribution < -0.4 is 10.6 Å². The summed E-state index contributed by atoms with van der Waals surface area (Å²) in [4.78, 5) is 11.2. The van der Waals surface area contributed by atoms with Crippen molar-refractivity contribution in [3.63, 3.8) is 0 Å². The molecule has 0 unspecified atom stereocenters. The molecule has 0 saturated carbocycles. The molecule has 0 N–H and O–H groups in total. The number of carbonyl (C=O) groups is 1. The quantitative estimate of drug-likeness (QED) is 0.479. The van der Waals surface area contributed by atoms with Crippen molar-refractivity contribution in [2.45, 2.75) is 0 Å². The first-order valence-corrected chi connectivity index (χ1v) is 7.96. The highest BCUT2D eigenvalue weighted by molar-refractivity contribution is 7.73. The second kappa shape index (κ2) is 7.62. The van der Waals surface area contributed by atoms with Crippen LogP contribution in [-0.4, -0.2) is 19.2 Å². The summed E-state index contributed by atoms with van der Waals surface area (Å²) in [5.41, 5.74) is 0. The van der Waals surface area contributed by atoms with Crippen LogP contribution in [0.4, 0.5) is 0 Å². The summed E-state index contributed by atoms with van der Waals surface area (Å²) in [5, 5.41) is 2.62. The number of benzene rings is 2. The first-order chi connectivity index (χ1) is 9.81. The highest BCUT2D eigenvalue weighted by Crippen LogP contribution is 2.33. The van der Waals surface area contributed by atoms with Gasteiger partial charge in [-0.15, -0.1) is 0 Å². The molecule has 0 fully saturated rings. The molecule has 3 heteroatoms. The van der Waals surface area contributed by atoms with E-state index in [-0.39, 0.29) is 5.97 Å². The Labute approximate surface area is 120 Å². The highest BCUT2D eigenvalue weighted by Gasteiger charge is 2.11. The van der Waals surface area contributed by atoms with Gasteiger partial charge in [0, 0.05) is 6.08 Å². The Kier molecular flexibility index (Phi) is 5.52. The number of carbonyl (C=O) groups excluding carboxylic acids is 1. The van der Waals surface area contributed by atoms with Crippen LogP contribution in [0.5, 0.6) is 0 Å². The van der Waals surface area contributed by atoms with Crippen molar-refractivity contribution in [3.8, 4) is 0 Å². The Balaban J connectivity index is 2.22. The molecule has 2 aromatic carbocycles. The third-order valence-electron chi connectivity index (χ3n) is 2.88. The van der Waals surface area contributed by atoms with E-state index < -0.39 is 7.92 Å². The number of hydrogen-bond acceptors (Lipinski definition) is 2. The fourth-order valence-electron chi connectivity index (χ4n) is 1.90. The van der Waals surface area contributed by atoms with E-state index >= 15 is 0 Å². The van der Waals surface area contributed by atoms with E-state index in [4.69, 9.17) is 0 Å². The number of esters is 1. The van der Waals surface area contributed by atoms with E-state index in [1.54, 1.807) is 0 Å². The normalized spacial score (nSPS) is 10.9. The van der Waals surface area contributed by atoms with E-state index in [0.717, 1.165) is 6.16 Å². The lowest BCUT2D eigenvalue weighted by Gasteiger charge is -2.16. The number of methoxy groups -OCH3 is 1. The fraction of sp³-hybridized carbons (Fsp3) is 0.118. The molecule has 0 atom stereocenters. The summed E-state index contributed by atoms with van der Waals surface area (Å²) < 4.78 is 4.62. The van der Waals surface area contributed by atoms with Crippen LogP contribution in [0.15, 0.2) is 72.8 Å². The van der Waals surface area contributed by atoms with Crippen LogP contribution in [0.25, 0.3) is 0 Å². The van der Waals surface area contributed by atoms with E-state index in [9.17, 15) is 4.79 Å². The zero-order valence-corrected chi connectivity index (χ0v) is 12.3. The van der Waals surface area contributed by atoms with Gasteiger partial charge in [-0.05, 0) is 24.7 Å². The largest absolute Gasteiger partial charge is 0.466 e. The van der Waals surface area contributed by atoms with E-state index in [1.807, 2.05) is 18.2 Å². The van der Waals surface area contributed by atoms with Gasteiger partial charge in [0.2, 0.25) is 0 Å². The fourth-order valence-corrected chi connectivity index (χ4v) is 4.00. The van der Waals surface area contributed by atoms with Gasteiger partial charge in [0.15, 0.2) is 0 Å². The average Bonchev–Trinajstić information content (AvgIpc) is 2.53. The molecule has 0 aromatic heterocycles. The van der Waals surface area contributed by atoms with Crippen LogP contribution in [0.2, 0.25) is 0 Å². The monoisotopic (exact) mass is 284 g/mol. The molecule has 0 radical (unpaired) electrons. The third-order valence-corrected chi connectivity index (χ3v) is 5.30. The van der Waals surface area contributed by atoms with Gasteiger partial charge in [-0.2, -0.15) is 0 Å². The number of hydrogen-bond donors (Lipinski definition) is 0. The zero-order valence-electron chi connectivity index (χ0n) is 11.4. The van der Waals surface area contributed by atoms with Crippen molar-refractivity contribution in [1.29, 1.82) is 0 Å². The molecule has 20 heavy (non-hydrogen) atoms. The van der Waals surface area contributed by atoms with Crippen LogP contribution in [0.1, 0.15) is 0 Å². The van der Waals surface area contributed by atoms with Gasteiger partial charge in [-0.3, -0.25) is 0 Å². The first-order valence-electron chi connectivity index (χ1n) is 6.43. The molecule has 0 bridgehead atoms. The van der Waals surface area contributed by atoms with Crippen molar-refractivity contribution >= 4 is 24.5 Å². The molecule has 0 heterocycles. The molecule has 0 aliphatic rings. The minimum absolute atomic E-state index is 0.305. The summed E-state index contributed by atoms with van der Waals surface area (Å²) in [6.45, 7) is 0. The summed E-state index contributed by atoms with van der Waals surface area (Å²) in [7, 11) is 0.912. The van der Waals surface area contributed by atoms with E-state index in [0.29, 0.717) is 0 Å². The molecule has 0 saturated heterocycles. The van der Waals surface area contributed by atoms with Crippen LogP contribution in [0, 0.1) is 0 Å². The number of ether oxygens (including phenoxy) is 1. The lowest BCUT2D eigenvalue weighted by atomic mass is 10.4. The highest BCUT2D eigenvalue weighted by atomic mass is 31.1. The standard InChI is InChI=1S/C17H17O2P/c1-19-17(18)13-8-14-20(15-9-4-2-5-10-15)16-11-6-3-7-12-16/h2-13H,14H2,1H3/b13-8+. The summed E-state index contributed by atoms with van der Waals surface area (Å²) in [5.74, 6) is -0.305. The maximum absolute atomic E-state index is 11.2. The minimum Gasteiger partial charge on any atom is -0.466 e. The molecule has 0 amide bonds. The Bertz CT molecular complexity index is 525. The van der Waals surface area contributed by atoms with Crippen molar-refractivity contribution < 1.29 is 9.53 Å². The minimum atomic E-state index is -0.481. The zero-order chi connectivity index (χ0) is 14.2. The second-order valence-corrected chi connectivity index (χ2v) is 6.46. The Morgan fingerprint density at radius 2 is 1.50 bits per heavy atom. The molecular formula is C17H17O2P. The van der Waals surface area contributed by atoms with Gasteiger partial charge in [-0.1, -0.05) is 66.7 Å². The van der Waals surface area contributed by atoms with Crippen LogP contribution >= 0.6 is 7.92 Å². The maximum atomic E-state index is 11.2. The number of rotatable bonds is 5. The summed E-state index contributed by atoms with van der Waals surface area (Å²) >= 11 is 0. The summed E-state index contributed by atoms with van der Waals surface area (Å²) in [6.07, 6.45) is 4.23. The first kappa shape index (κ1) is 14.5. The van der Waals surface area contributed by atoms with Crippen molar-refractivity contribution in [3.05, 3.63) is 72.8 Å². The van der Waals surface area contributed by atoms with E-state index in [1.165, 1.54) is 23.8 Å². The van der Waals surface area contributed by atoms with Crippen molar-refractivity contribution in [1.82, 2.24) is 0 Å². The molecule has 0 aliphatic heterocycles. The SMILES string of the molecule is COC(=O)/C=C/CP(c1ccccc1)c1ccccc1. The Morgan fingerprint density at radius 1 is 1.00 bits per heavy atom. The topological polar surface area (TPSA) is 26.3 Å². The van der Waals surface area contributed by atoms with E-state index in [2.05, 4.69) is 53.3 Å². The van der Waals surface area contributed by atoms with Gasteiger partial charge in [-0.25, -0.2) is 4.79 Å². The lowest BCUT2D eigenvalue weighted by Crippen LogP contribution is -2.13. The van der Waals surface area contributed by atoms with Gasteiger partial charge >= 0.3 is 5.97 Å². The summed E-state index contributed by atoms with van der Waals surface area (Å²) in [6, 6.07) is 20.8. The smallest absolute Gasteiger partial charge is 0.330 e. The molecule has 2 rings (SSSR count). The average molecular weight is 284 g/mol.